The first kappa shape index (κ1) is 7.08. The molecule has 0 radical (unpaired) electrons. The van der Waals surface area contributed by atoms with Crippen LogP contribution in [0, 0.1) is 0 Å². The van der Waals surface area contributed by atoms with E-state index in [2.05, 4.69) is 9.68 Å². The van der Waals surface area contributed by atoms with Crippen LogP contribution in [-0.2, 0) is 0 Å². The number of hydrogen-bond acceptors (Lipinski definition) is 4. The Morgan fingerprint density at radius 1 is 1.80 bits per heavy atom. The molecule has 1 heterocycles. The molecule has 0 aliphatic rings. The summed E-state index contributed by atoms with van der Waals surface area (Å²) in [5.74, 6) is 0.824. The van der Waals surface area contributed by atoms with Gasteiger partial charge in [-0.2, -0.15) is 0 Å². The molecule has 10 heavy (non-hydrogen) atoms. The minimum Gasteiger partial charge on any atom is -0.363 e. The molecule has 0 aromatic carbocycles. The van der Waals surface area contributed by atoms with Crippen LogP contribution in [0.25, 0.3) is 0 Å². The van der Waals surface area contributed by atoms with Crippen molar-refractivity contribution in [3.05, 3.63) is 12.3 Å². The molecule has 56 valence electrons. The fourth-order valence-corrected chi connectivity index (χ4v) is 0.711. The molecule has 0 aliphatic carbocycles. The second-order valence-electron chi connectivity index (χ2n) is 2.07. The van der Waals surface area contributed by atoms with Crippen molar-refractivity contribution < 1.29 is 4.52 Å². The molecule has 0 aliphatic heterocycles. The molecule has 1 rings (SSSR count). The highest BCUT2D eigenvalue weighted by Crippen LogP contribution is 2.05. The number of rotatable bonds is 3. The predicted molar refractivity (Wildman–Crippen MR) is 38.8 cm³/mol. The van der Waals surface area contributed by atoms with Crippen LogP contribution in [0.3, 0.4) is 0 Å². The zero-order chi connectivity index (χ0) is 7.40. The van der Waals surface area contributed by atoms with Crippen LogP contribution < -0.4 is 10.6 Å². The van der Waals surface area contributed by atoms with Gasteiger partial charge in [0.25, 0.3) is 0 Å². The lowest BCUT2D eigenvalue weighted by Crippen LogP contribution is -2.25. The lowest BCUT2D eigenvalue weighted by atomic mass is 10.5. The quantitative estimate of drug-likeness (QED) is 0.647. The van der Waals surface area contributed by atoms with Gasteiger partial charge in [-0.05, 0) is 0 Å². The highest BCUT2D eigenvalue weighted by molar-refractivity contribution is 5.33. The number of aromatic nitrogens is 1. The molecule has 2 N–H and O–H groups in total. The fraction of sp³-hybridized carbons (Fsp3) is 0.500. The molecule has 0 spiro atoms. The smallest absolute Gasteiger partial charge is 0.171 e. The van der Waals surface area contributed by atoms with Gasteiger partial charge in [-0.15, -0.1) is 0 Å². The Labute approximate surface area is 59.6 Å². The van der Waals surface area contributed by atoms with Gasteiger partial charge in [-0.25, -0.2) is 0 Å². The molecule has 0 fully saturated rings. The Morgan fingerprint density at radius 3 is 3.10 bits per heavy atom. The van der Waals surface area contributed by atoms with Gasteiger partial charge >= 0.3 is 0 Å². The Balaban J connectivity index is 2.50. The molecule has 0 bridgehead atoms. The summed E-state index contributed by atoms with van der Waals surface area (Å²) in [7, 11) is 1.92. The molecule has 0 saturated heterocycles. The van der Waals surface area contributed by atoms with E-state index in [-0.39, 0.29) is 0 Å². The highest BCUT2D eigenvalue weighted by Gasteiger charge is 2.00. The van der Waals surface area contributed by atoms with Crippen LogP contribution in [0.1, 0.15) is 0 Å². The topological polar surface area (TPSA) is 55.3 Å². The Morgan fingerprint density at radius 2 is 2.60 bits per heavy atom. The second kappa shape index (κ2) is 3.22. The van der Waals surface area contributed by atoms with E-state index in [4.69, 9.17) is 5.73 Å². The van der Waals surface area contributed by atoms with Gasteiger partial charge in [-0.3, -0.25) is 0 Å². The van der Waals surface area contributed by atoms with Gasteiger partial charge in [0, 0.05) is 26.2 Å². The van der Waals surface area contributed by atoms with Crippen molar-refractivity contribution >= 4 is 5.82 Å². The fourth-order valence-electron chi connectivity index (χ4n) is 0.711. The van der Waals surface area contributed by atoms with Crippen LogP contribution in [-0.4, -0.2) is 25.3 Å². The van der Waals surface area contributed by atoms with E-state index in [1.165, 1.54) is 0 Å². The number of nitrogens with zero attached hydrogens (tertiary/aromatic N) is 2. The number of nitrogens with two attached hydrogens (primary N) is 1. The zero-order valence-corrected chi connectivity index (χ0v) is 5.95. The third-order valence-electron chi connectivity index (χ3n) is 1.28. The van der Waals surface area contributed by atoms with Crippen molar-refractivity contribution in [2.45, 2.75) is 0 Å². The van der Waals surface area contributed by atoms with Gasteiger partial charge in [-0.1, -0.05) is 5.16 Å². The average Bonchev–Trinajstić information content (AvgIpc) is 2.38. The lowest BCUT2D eigenvalue weighted by molar-refractivity contribution is 0.420. The molecule has 0 unspecified atom stereocenters. The summed E-state index contributed by atoms with van der Waals surface area (Å²) in [6.45, 7) is 1.43. The summed E-state index contributed by atoms with van der Waals surface area (Å²) in [6, 6.07) is 1.80. The van der Waals surface area contributed by atoms with E-state index < -0.39 is 0 Å². The zero-order valence-electron chi connectivity index (χ0n) is 5.95. The van der Waals surface area contributed by atoms with E-state index in [0.29, 0.717) is 6.54 Å². The maximum absolute atomic E-state index is 5.34. The molecule has 4 nitrogen and oxygen atoms in total. The van der Waals surface area contributed by atoms with E-state index in [1.54, 1.807) is 12.3 Å². The van der Waals surface area contributed by atoms with Gasteiger partial charge in [0.05, 0.1) is 0 Å². The van der Waals surface area contributed by atoms with Gasteiger partial charge in [0.2, 0.25) is 0 Å². The molecular weight excluding hydrogens is 130 g/mol. The molecule has 0 atom stereocenters. The third kappa shape index (κ3) is 1.48. The summed E-state index contributed by atoms with van der Waals surface area (Å²) < 4.78 is 4.65. The van der Waals surface area contributed by atoms with E-state index in [1.807, 2.05) is 11.9 Å². The van der Waals surface area contributed by atoms with E-state index >= 15 is 0 Å². The van der Waals surface area contributed by atoms with Crippen molar-refractivity contribution in [3.63, 3.8) is 0 Å². The summed E-state index contributed by atoms with van der Waals surface area (Å²) in [5, 5.41) is 3.73. The van der Waals surface area contributed by atoms with Crippen molar-refractivity contribution in [1.29, 1.82) is 0 Å². The van der Waals surface area contributed by atoms with E-state index in [0.717, 1.165) is 12.4 Å². The molecule has 0 saturated carbocycles. The van der Waals surface area contributed by atoms with Crippen molar-refractivity contribution in [2.24, 2.45) is 5.73 Å². The average molecular weight is 141 g/mol. The Kier molecular flexibility index (Phi) is 2.28. The minimum atomic E-state index is 0.628. The molecule has 1 aromatic rings. The van der Waals surface area contributed by atoms with E-state index in [9.17, 15) is 0 Å². The first-order chi connectivity index (χ1) is 4.84. The Bertz CT molecular complexity index is 173. The summed E-state index contributed by atoms with van der Waals surface area (Å²) in [5.41, 5.74) is 5.34. The third-order valence-corrected chi connectivity index (χ3v) is 1.28. The van der Waals surface area contributed by atoms with Crippen LogP contribution in [0.5, 0.6) is 0 Å². The maximum atomic E-state index is 5.34. The van der Waals surface area contributed by atoms with Crippen molar-refractivity contribution in [3.8, 4) is 0 Å². The standard InChI is InChI=1S/C6H11N3O/c1-9(4-3-7)6-2-5-10-8-6/h2,5H,3-4,7H2,1H3. The molecule has 4 heteroatoms. The number of anilines is 1. The predicted octanol–water partition coefficient (Wildman–Crippen LogP) is 0.0695. The summed E-state index contributed by atoms with van der Waals surface area (Å²) in [4.78, 5) is 1.93. The molecule has 0 amide bonds. The van der Waals surface area contributed by atoms with Gasteiger partial charge in [0.15, 0.2) is 5.82 Å². The monoisotopic (exact) mass is 141 g/mol. The summed E-state index contributed by atoms with van der Waals surface area (Å²) in [6.07, 6.45) is 1.54. The van der Waals surface area contributed by atoms with Gasteiger partial charge < -0.3 is 15.2 Å². The maximum Gasteiger partial charge on any atom is 0.171 e. The number of hydrogen-bond donors (Lipinski definition) is 1. The lowest BCUT2D eigenvalue weighted by Gasteiger charge is -2.12. The van der Waals surface area contributed by atoms with Crippen LogP contribution in [0.2, 0.25) is 0 Å². The van der Waals surface area contributed by atoms with Crippen LogP contribution in [0.4, 0.5) is 5.82 Å². The summed E-state index contributed by atoms with van der Waals surface area (Å²) >= 11 is 0. The molecule has 1 aromatic heterocycles. The first-order valence-electron chi connectivity index (χ1n) is 3.16. The number of likely N-dealkylation sites (N-methyl/N-ethyl adjacent to an activating group) is 1. The Hall–Kier alpha value is -1.03. The SMILES string of the molecule is CN(CCN)c1ccon1. The normalized spacial score (nSPS) is 9.80. The van der Waals surface area contributed by atoms with Gasteiger partial charge in [0.1, 0.15) is 6.26 Å². The van der Waals surface area contributed by atoms with Crippen LogP contribution in [0.15, 0.2) is 16.9 Å². The van der Waals surface area contributed by atoms with Crippen LogP contribution >= 0.6 is 0 Å². The largest absolute Gasteiger partial charge is 0.363 e. The highest BCUT2D eigenvalue weighted by atomic mass is 16.5. The second-order valence-corrected chi connectivity index (χ2v) is 2.07. The van der Waals surface area contributed by atoms with Crippen molar-refractivity contribution in [2.75, 3.05) is 25.0 Å². The van der Waals surface area contributed by atoms with Crippen molar-refractivity contribution in [1.82, 2.24) is 5.16 Å². The first-order valence-corrected chi connectivity index (χ1v) is 3.16. The molecular formula is C6H11N3O. The minimum absolute atomic E-state index is 0.628.